The first kappa shape index (κ1) is 16.2. The van der Waals surface area contributed by atoms with Crippen LogP contribution >= 0.6 is 0 Å². The monoisotopic (exact) mass is 359 g/mol. The lowest BCUT2D eigenvalue weighted by Gasteiger charge is -2.15. The van der Waals surface area contributed by atoms with Gasteiger partial charge in [-0.05, 0) is 36.4 Å². The summed E-state index contributed by atoms with van der Waals surface area (Å²) in [7, 11) is 1.59. The second-order valence-corrected chi connectivity index (χ2v) is 5.60. The normalized spacial score (nSPS) is 11.8. The van der Waals surface area contributed by atoms with Crippen molar-refractivity contribution in [2.45, 2.75) is 6.18 Å². The summed E-state index contributed by atoms with van der Waals surface area (Å²) in [4.78, 5) is 4.08. The van der Waals surface area contributed by atoms with Gasteiger partial charge in [-0.3, -0.25) is 4.68 Å². The van der Waals surface area contributed by atoms with Crippen molar-refractivity contribution in [3.63, 3.8) is 0 Å². The zero-order chi connectivity index (χ0) is 18.3. The summed E-state index contributed by atoms with van der Waals surface area (Å²) < 4.78 is 53.0. The minimum atomic E-state index is -4.55. The van der Waals surface area contributed by atoms with E-state index in [0.29, 0.717) is 16.7 Å². The molecule has 0 amide bonds. The molecule has 0 saturated heterocycles. The second kappa shape index (κ2) is 5.91. The first-order chi connectivity index (χ1) is 12.4. The van der Waals surface area contributed by atoms with Crippen LogP contribution in [0, 0.1) is 0 Å². The van der Waals surface area contributed by atoms with Crippen LogP contribution in [-0.4, -0.2) is 14.8 Å². The molecule has 0 aliphatic heterocycles. The third-order valence-corrected chi connectivity index (χ3v) is 3.95. The van der Waals surface area contributed by atoms with E-state index in [1.54, 1.807) is 19.2 Å². The van der Waals surface area contributed by atoms with Crippen molar-refractivity contribution < 1.29 is 22.3 Å². The number of fused-ring (bicyclic) bond motifs is 1. The van der Waals surface area contributed by atoms with Gasteiger partial charge in [0.15, 0.2) is 0 Å². The van der Waals surface area contributed by atoms with Gasteiger partial charge in [-0.2, -0.15) is 18.3 Å². The molecule has 0 spiro atoms. The highest BCUT2D eigenvalue weighted by Crippen LogP contribution is 2.40. The van der Waals surface area contributed by atoms with Gasteiger partial charge in [-0.1, -0.05) is 0 Å². The van der Waals surface area contributed by atoms with Gasteiger partial charge in [0.25, 0.3) is 0 Å². The summed E-state index contributed by atoms with van der Waals surface area (Å²) in [6.45, 7) is 0. The summed E-state index contributed by atoms with van der Waals surface area (Å²) in [5.41, 5.74) is 0.119. The van der Waals surface area contributed by atoms with Gasteiger partial charge < -0.3 is 9.15 Å². The quantitative estimate of drug-likeness (QED) is 0.514. The van der Waals surface area contributed by atoms with Gasteiger partial charge in [-0.15, -0.1) is 0 Å². The number of aromatic nitrogens is 3. The van der Waals surface area contributed by atoms with Gasteiger partial charge >= 0.3 is 6.18 Å². The van der Waals surface area contributed by atoms with E-state index in [1.165, 1.54) is 41.5 Å². The number of furan rings is 1. The Balaban J connectivity index is 1.79. The fourth-order valence-corrected chi connectivity index (χ4v) is 2.74. The molecular formula is C18H12F3N3O2. The van der Waals surface area contributed by atoms with E-state index in [2.05, 4.69) is 10.1 Å². The molecule has 3 aromatic heterocycles. The van der Waals surface area contributed by atoms with Crippen molar-refractivity contribution in [1.29, 1.82) is 0 Å². The van der Waals surface area contributed by atoms with Crippen molar-refractivity contribution in [3.8, 4) is 22.9 Å². The molecule has 8 heteroatoms. The van der Waals surface area contributed by atoms with E-state index < -0.39 is 11.7 Å². The summed E-state index contributed by atoms with van der Waals surface area (Å²) in [6.07, 6.45) is -0.167. The van der Waals surface area contributed by atoms with Crippen LogP contribution in [0.3, 0.4) is 0 Å². The molecule has 4 rings (SSSR count). The molecular weight excluding hydrogens is 347 g/mol. The Morgan fingerprint density at radius 3 is 2.65 bits per heavy atom. The second-order valence-electron chi connectivity index (χ2n) is 5.60. The number of pyridine rings is 1. The van der Waals surface area contributed by atoms with Crippen LogP contribution in [0.5, 0.6) is 11.6 Å². The number of nitrogens with zero attached hydrogens (tertiary/aromatic N) is 3. The Morgan fingerprint density at radius 1 is 1.08 bits per heavy atom. The predicted octanol–water partition coefficient (Wildman–Crippen LogP) is 5.04. The molecule has 0 N–H and O–H groups in total. The van der Waals surface area contributed by atoms with E-state index in [0.717, 1.165) is 6.07 Å². The van der Waals surface area contributed by atoms with Crippen molar-refractivity contribution in [3.05, 3.63) is 60.6 Å². The summed E-state index contributed by atoms with van der Waals surface area (Å²) in [6, 6.07) is 8.62. The van der Waals surface area contributed by atoms with Crippen LogP contribution in [0.15, 0.2) is 59.5 Å². The predicted molar refractivity (Wildman–Crippen MR) is 87.7 cm³/mol. The highest BCUT2D eigenvalue weighted by molar-refractivity contribution is 5.82. The van der Waals surface area contributed by atoms with Crippen LogP contribution in [0.25, 0.3) is 22.2 Å². The smallest absolute Gasteiger partial charge is 0.417 e. The molecule has 0 aliphatic carbocycles. The fourth-order valence-electron chi connectivity index (χ4n) is 2.74. The molecule has 4 aromatic rings. The summed E-state index contributed by atoms with van der Waals surface area (Å²) in [5, 5.41) is 4.51. The lowest BCUT2D eigenvalue weighted by Crippen LogP contribution is -2.09. The first-order valence-corrected chi connectivity index (χ1v) is 7.63. The van der Waals surface area contributed by atoms with Crippen LogP contribution in [0.1, 0.15) is 5.56 Å². The molecule has 132 valence electrons. The van der Waals surface area contributed by atoms with Crippen molar-refractivity contribution in [2.24, 2.45) is 7.05 Å². The molecule has 0 saturated carbocycles. The number of halogens is 3. The lowest BCUT2D eigenvalue weighted by molar-refractivity contribution is -0.137. The summed E-state index contributed by atoms with van der Waals surface area (Å²) >= 11 is 0. The number of rotatable bonds is 3. The highest BCUT2D eigenvalue weighted by atomic mass is 19.4. The van der Waals surface area contributed by atoms with Crippen LogP contribution in [0.4, 0.5) is 13.2 Å². The highest BCUT2D eigenvalue weighted by Gasteiger charge is 2.35. The van der Waals surface area contributed by atoms with E-state index >= 15 is 0 Å². The zero-order valence-corrected chi connectivity index (χ0v) is 13.5. The van der Waals surface area contributed by atoms with E-state index in [9.17, 15) is 13.2 Å². The third kappa shape index (κ3) is 2.79. The van der Waals surface area contributed by atoms with Crippen molar-refractivity contribution >= 4 is 11.0 Å². The zero-order valence-electron chi connectivity index (χ0n) is 13.5. The van der Waals surface area contributed by atoms with Gasteiger partial charge in [-0.25, -0.2) is 4.98 Å². The largest absolute Gasteiger partial charge is 0.464 e. The molecule has 26 heavy (non-hydrogen) atoms. The molecule has 5 nitrogen and oxygen atoms in total. The maximum atomic E-state index is 13.6. The number of hydrogen-bond donors (Lipinski definition) is 0. The van der Waals surface area contributed by atoms with Gasteiger partial charge in [0, 0.05) is 25.0 Å². The molecule has 0 bridgehead atoms. The third-order valence-electron chi connectivity index (χ3n) is 3.95. The lowest BCUT2D eigenvalue weighted by atomic mass is 10.0. The number of hydrogen-bond acceptors (Lipinski definition) is 4. The van der Waals surface area contributed by atoms with E-state index in [1.807, 2.05) is 0 Å². The van der Waals surface area contributed by atoms with E-state index in [-0.39, 0.29) is 17.2 Å². The maximum absolute atomic E-state index is 13.6. The fraction of sp³-hybridized carbons (Fsp3) is 0.111. The van der Waals surface area contributed by atoms with Crippen LogP contribution in [0.2, 0.25) is 0 Å². The number of benzene rings is 1. The van der Waals surface area contributed by atoms with Gasteiger partial charge in [0.2, 0.25) is 5.88 Å². The maximum Gasteiger partial charge on any atom is 0.417 e. The number of ether oxygens (including phenoxy) is 1. The SMILES string of the molecule is Cn1nccc1-c1ccc(Oc2nccc3occc23)cc1C(F)(F)F. The Kier molecular flexibility index (Phi) is 3.68. The van der Waals surface area contributed by atoms with E-state index in [4.69, 9.17) is 9.15 Å². The molecule has 1 aromatic carbocycles. The van der Waals surface area contributed by atoms with Crippen molar-refractivity contribution in [2.75, 3.05) is 0 Å². The molecule has 3 heterocycles. The van der Waals surface area contributed by atoms with Crippen molar-refractivity contribution in [1.82, 2.24) is 14.8 Å². The topological polar surface area (TPSA) is 53.1 Å². The van der Waals surface area contributed by atoms with Gasteiger partial charge in [0.05, 0.1) is 22.9 Å². The average molecular weight is 359 g/mol. The van der Waals surface area contributed by atoms with Gasteiger partial charge in [0.1, 0.15) is 11.3 Å². The Labute approximate surface area is 145 Å². The van der Waals surface area contributed by atoms with Crippen LogP contribution in [-0.2, 0) is 13.2 Å². The molecule has 0 atom stereocenters. The first-order valence-electron chi connectivity index (χ1n) is 7.63. The molecule has 0 fully saturated rings. The minimum absolute atomic E-state index is 0.0272. The Hall–Kier alpha value is -3.29. The Morgan fingerprint density at radius 2 is 1.92 bits per heavy atom. The number of aryl methyl sites for hydroxylation is 1. The average Bonchev–Trinajstić information content (AvgIpc) is 3.23. The Bertz CT molecular complexity index is 1080. The molecule has 0 radical (unpaired) electrons. The number of alkyl halides is 3. The standard InChI is InChI=1S/C18H12F3N3O2/c1-24-15(4-8-23-24)12-3-2-11(10-14(12)18(19,20)21)26-17-13-6-9-25-16(13)5-7-22-17/h2-10H,1H3. The van der Waals surface area contributed by atoms with Crippen LogP contribution < -0.4 is 4.74 Å². The molecule has 0 unspecified atom stereocenters. The minimum Gasteiger partial charge on any atom is -0.464 e. The molecule has 0 aliphatic rings. The summed E-state index contributed by atoms with van der Waals surface area (Å²) in [5.74, 6) is 0.210.